The summed E-state index contributed by atoms with van der Waals surface area (Å²) < 4.78 is 5.79. The number of H-pyrrole nitrogens is 1. The van der Waals surface area contributed by atoms with Crippen molar-refractivity contribution in [2.45, 2.75) is 95.2 Å². The van der Waals surface area contributed by atoms with Crippen LogP contribution in [0.25, 0.3) is 10.9 Å². The highest BCUT2D eigenvalue weighted by Gasteiger charge is 2.37. The summed E-state index contributed by atoms with van der Waals surface area (Å²) >= 11 is 0. The van der Waals surface area contributed by atoms with Gasteiger partial charge in [0.2, 0.25) is 0 Å². The maximum atomic E-state index is 5.79. The van der Waals surface area contributed by atoms with Crippen LogP contribution < -0.4 is 4.74 Å². The number of aromatic amines is 1. The minimum Gasteiger partial charge on any atom is -0.496 e. The second-order valence-corrected chi connectivity index (χ2v) is 9.08. The van der Waals surface area contributed by atoms with E-state index < -0.39 is 0 Å². The molecule has 0 spiro atoms. The molecule has 1 atom stereocenters. The van der Waals surface area contributed by atoms with E-state index >= 15 is 0 Å². The predicted molar refractivity (Wildman–Crippen MR) is 112 cm³/mol. The zero-order chi connectivity index (χ0) is 18.2. The van der Waals surface area contributed by atoms with E-state index in [1.54, 1.807) is 0 Å². The summed E-state index contributed by atoms with van der Waals surface area (Å²) in [6, 6.07) is 6.59. The molecular formula is C24H34N2O. The van der Waals surface area contributed by atoms with Gasteiger partial charge in [0.25, 0.3) is 0 Å². The Morgan fingerprint density at radius 2 is 1.52 bits per heavy atom. The molecule has 1 aromatic heterocycles. The first-order chi connectivity index (χ1) is 13.3. The Hall–Kier alpha value is -1.48. The first-order valence-electron chi connectivity index (χ1n) is 11.3. The lowest BCUT2D eigenvalue weighted by Crippen LogP contribution is -2.53. The summed E-state index contributed by atoms with van der Waals surface area (Å²) in [6.45, 7) is 0. The van der Waals surface area contributed by atoms with Gasteiger partial charge in [-0.2, -0.15) is 0 Å². The van der Waals surface area contributed by atoms with E-state index in [0.29, 0.717) is 6.04 Å². The molecule has 1 N–H and O–H groups in total. The monoisotopic (exact) mass is 366 g/mol. The van der Waals surface area contributed by atoms with E-state index in [1.165, 1.54) is 92.7 Å². The molecule has 0 aliphatic heterocycles. The molecule has 1 heterocycles. The smallest absolute Gasteiger partial charge is 0.122 e. The average molecular weight is 367 g/mol. The van der Waals surface area contributed by atoms with Crippen molar-refractivity contribution in [2.24, 2.45) is 0 Å². The van der Waals surface area contributed by atoms with Gasteiger partial charge in [0.1, 0.15) is 5.75 Å². The molecule has 3 heteroatoms. The number of methoxy groups -OCH3 is 1. The average Bonchev–Trinajstić information content (AvgIpc) is 3.14. The second-order valence-electron chi connectivity index (χ2n) is 9.08. The fourth-order valence-electron chi connectivity index (χ4n) is 6.33. The van der Waals surface area contributed by atoms with Crippen molar-refractivity contribution < 1.29 is 4.74 Å². The molecule has 2 fully saturated rings. The quantitative estimate of drug-likeness (QED) is 0.761. The summed E-state index contributed by atoms with van der Waals surface area (Å²) in [5, 5.41) is 1.44. The van der Waals surface area contributed by atoms with Crippen molar-refractivity contribution in [3.8, 4) is 5.75 Å². The van der Waals surface area contributed by atoms with Gasteiger partial charge in [0, 0.05) is 40.8 Å². The second kappa shape index (κ2) is 7.50. The summed E-state index contributed by atoms with van der Waals surface area (Å²) in [5.74, 6) is 1.08. The summed E-state index contributed by atoms with van der Waals surface area (Å²) in [6.07, 6.45) is 18.8. The van der Waals surface area contributed by atoms with Crippen LogP contribution >= 0.6 is 0 Å². The Morgan fingerprint density at radius 3 is 2.15 bits per heavy atom. The Balaban J connectivity index is 1.50. The van der Waals surface area contributed by atoms with Crippen LogP contribution in [0.4, 0.5) is 0 Å². The van der Waals surface area contributed by atoms with Crippen molar-refractivity contribution in [3.63, 3.8) is 0 Å². The molecular weight excluding hydrogens is 332 g/mol. The highest BCUT2D eigenvalue weighted by atomic mass is 16.5. The number of benzene rings is 1. The highest BCUT2D eigenvalue weighted by Crippen LogP contribution is 2.40. The van der Waals surface area contributed by atoms with Gasteiger partial charge < -0.3 is 9.72 Å². The molecule has 3 aliphatic rings. The molecule has 0 bridgehead atoms. The lowest BCUT2D eigenvalue weighted by Gasteiger charge is -2.47. The van der Waals surface area contributed by atoms with Gasteiger partial charge in [0.05, 0.1) is 7.11 Å². The van der Waals surface area contributed by atoms with Gasteiger partial charge in [-0.15, -0.1) is 0 Å². The van der Waals surface area contributed by atoms with Gasteiger partial charge in [-0.1, -0.05) is 38.5 Å². The minimum atomic E-state index is 0.638. The third-order valence-corrected chi connectivity index (χ3v) is 7.52. The molecule has 0 saturated heterocycles. The SMILES string of the molecule is COc1ccc2[nH]cc3c2c1CC(N(C1CCCCC1)C1CCCCC1)C3. The van der Waals surface area contributed by atoms with Crippen LogP contribution in [0.5, 0.6) is 5.75 Å². The Bertz CT molecular complexity index is 765. The summed E-state index contributed by atoms with van der Waals surface area (Å²) in [5.41, 5.74) is 4.23. The molecule has 0 radical (unpaired) electrons. The minimum absolute atomic E-state index is 0.638. The number of rotatable bonds is 4. The van der Waals surface area contributed by atoms with Gasteiger partial charge in [-0.25, -0.2) is 0 Å². The summed E-state index contributed by atoms with van der Waals surface area (Å²) in [4.78, 5) is 6.54. The number of ether oxygens (including phenoxy) is 1. The van der Waals surface area contributed by atoms with Gasteiger partial charge >= 0.3 is 0 Å². The van der Waals surface area contributed by atoms with E-state index in [-0.39, 0.29) is 0 Å². The van der Waals surface area contributed by atoms with E-state index in [0.717, 1.165) is 24.3 Å². The third-order valence-electron chi connectivity index (χ3n) is 7.52. The Morgan fingerprint density at radius 1 is 0.852 bits per heavy atom. The first-order valence-corrected chi connectivity index (χ1v) is 11.3. The maximum absolute atomic E-state index is 5.79. The fraction of sp³-hybridized carbons (Fsp3) is 0.667. The molecule has 3 nitrogen and oxygen atoms in total. The standard InChI is InChI=1S/C24H34N2O/c1-27-23-13-12-22-24-17(16-25-22)14-20(15-21(23)24)26(18-8-4-2-5-9-18)19-10-6-3-7-11-19/h12-13,16,18-20,25H,2-11,14-15H2,1H3. The van der Waals surface area contributed by atoms with E-state index in [2.05, 4.69) is 28.2 Å². The molecule has 1 unspecified atom stereocenters. The molecule has 5 rings (SSSR count). The van der Waals surface area contributed by atoms with Crippen molar-refractivity contribution in [1.82, 2.24) is 9.88 Å². The number of hydrogen-bond donors (Lipinski definition) is 1. The zero-order valence-corrected chi connectivity index (χ0v) is 16.8. The third kappa shape index (κ3) is 3.18. The van der Waals surface area contributed by atoms with Crippen molar-refractivity contribution in [3.05, 3.63) is 29.5 Å². The van der Waals surface area contributed by atoms with Gasteiger partial charge in [-0.05, 0) is 56.2 Å². The van der Waals surface area contributed by atoms with Crippen LogP contribution in [0.15, 0.2) is 18.3 Å². The van der Waals surface area contributed by atoms with Crippen molar-refractivity contribution >= 4 is 10.9 Å². The van der Waals surface area contributed by atoms with Crippen LogP contribution in [0, 0.1) is 0 Å². The van der Waals surface area contributed by atoms with Crippen LogP contribution in [0.1, 0.15) is 75.3 Å². The predicted octanol–water partition coefficient (Wildman–Crippen LogP) is 5.61. The molecule has 2 saturated carbocycles. The number of nitrogens with zero attached hydrogens (tertiary/aromatic N) is 1. The van der Waals surface area contributed by atoms with E-state index in [9.17, 15) is 0 Å². The van der Waals surface area contributed by atoms with Crippen LogP contribution in [-0.4, -0.2) is 35.1 Å². The van der Waals surface area contributed by atoms with Gasteiger partial charge in [0.15, 0.2) is 0 Å². The zero-order valence-electron chi connectivity index (χ0n) is 16.8. The van der Waals surface area contributed by atoms with Crippen molar-refractivity contribution in [2.75, 3.05) is 7.11 Å². The first kappa shape index (κ1) is 17.6. The van der Waals surface area contributed by atoms with Crippen LogP contribution in [0.3, 0.4) is 0 Å². The van der Waals surface area contributed by atoms with E-state index in [1.807, 2.05) is 7.11 Å². The molecule has 146 valence electrons. The topological polar surface area (TPSA) is 28.3 Å². The van der Waals surface area contributed by atoms with E-state index in [4.69, 9.17) is 4.74 Å². The molecule has 1 aromatic carbocycles. The number of hydrogen-bond acceptors (Lipinski definition) is 2. The number of aromatic nitrogens is 1. The van der Waals surface area contributed by atoms with Crippen LogP contribution in [-0.2, 0) is 12.8 Å². The highest BCUT2D eigenvalue weighted by molar-refractivity contribution is 5.89. The molecule has 27 heavy (non-hydrogen) atoms. The summed E-state index contributed by atoms with van der Waals surface area (Å²) in [7, 11) is 1.83. The molecule has 2 aromatic rings. The molecule has 0 amide bonds. The lowest BCUT2D eigenvalue weighted by molar-refractivity contribution is 0.0363. The lowest BCUT2D eigenvalue weighted by atomic mass is 9.82. The van der Waals surface area contributed by atoms with Crippen molar-refractivity contribution in [1.29, 1.82) is 0 Å². The Kier molecular flexibility index (Phi) is 4.89. The molecule has 3 aliphatic carbocycles. The maximum Gasteiger partial charge on any atom is 0.122 e. The normalized spacial score (nSPS) is 24.6. The number of nitrogens with one attached hydrogen (secondary N) is 1. The fourth-order valence-corrected chi connectivity index (χ4v) is 6.33. The van der Waals surface area contributed by atoms with Gasteiger partial charge in [-0.3, -0.25) is 4.90 Å². The Labute approximate surface area is 163 Å². The van der Waals surface area contributed by atoms with Crippen LogP contribution in [0.2, 0.25) is 0 Å². The largest absolute Gasteiger partial charge is 0.496 e.